The van der Waals surface area contributed by atoms with Crippen LogP contribution in [-0.4, -0.2) is 43.7 Å². The Bertz CT molecular complexity index is 937. The van der Waals surface area contributed by atoms with Gasteiger partial charge in [0, 0.05) is 15.5 Å². The highest BCUT2D eigenvalue weighted by Gasteiger charge is 2.26. The number of hydrogen-bond acceptors (Lipinski definition) is 3. The van der Waals surface area contributed by atoms with Crippen molar-refractivity contribution in [1.82, 2.24) is 5.32 Å². The van der Waals surface area contributed by atoms with Gasteiger partial charge in [0.2, 0.25) is 5.91 Å². The van der Waals surface area contributed by atoms with Crippen molar-refractivity contribution in [2.75, 3.05) is 36.8 Å². The first-order valence-electron chi connectivity index (χ1n) is 10.1. The summed E-state index contributed by atoms with van der Waals surface area (Å²) >= 11 is 7.61. The molecule has 2 aromatic rings. The quantitative estimate of drug-likeness (QED) is 0.650. The van der Waals surface area contributed by atoms with E-state index in [1.165, 1.54) is 28.8 Å². The maximum Gasteiger partial charge on any atom is 0.251 e. The Kier molecular flexibility index (Phi) is 7.75. The van der Waals surface area contributed by atoms with E-state index in [9.17, 15) is 14.0 Å². The number of likely N-dealkylation sites (N-methyl/N-ethyl adjacent to an activating group) is 1. The molecule has 3 rings (SSSR count). The van der Waals surface area contributed by atoms with Crippen LogP contribution in [0.4, 0.5) is 10.1 Å². The van der Waals surface area contributed by atoms with Crippen LogP contribution in [0.15, 0.2) is 41.3 Å². The van der Waals surface area contributed by atoms with E-state index in [4.69, 9.17) is 11.6 Å². The number of benzene rings is 2. The van der Waals surface area contributed by atoms with Gasteiger partial charge in [-0.25, -0.2) is 4.39 Å². The van der Waals surface area contributed by atoms with E-state index in [0.29, 0.717) is 29.1 Å². The lowest BCUT2D eigenvalue weighted by atomic mass is 10.1. The van der Waals surface area contributed by atoms with E-state index < -0.39 is 5.82 Å². The second-order valence-corrected chi connectivity index (χ2v) is 8.57. The van der Waals surface area contributed by atoms with E-state index in [-0.39, 0.29) is 23.4 Å². The highest BCUT2D eigenvalue weighted by Crippen LogP contribution is 2.37. The molecule has 0 bridgehead atoms. The zero-order valence-electron chi connectivity index (χ0n) is 17.1. The SMILES string of the molecule is CC[NH+](CC)CCNC(=O)c1ccc2c(c1)N(Cc1ccc(F)cc1Cl)C(=O)CS2. The molecule has 0 saturated heterocycles. The van der Waals surface area contributed by atoms with Gasteiger partial charge in [0.25, 0.3) is 5.91 Å². The fourth-order valence-electron chi connectivity index (χ4n) is 3.40. The van der Waals surface area contributed by atoms with Crippen molar-refractivity contribution in [3.63, 3.8) is 0 Å². The molecule has 30 heavy (non-hydrogen) atoms. The number of carbonyl (C=O) groups excluding carboxylic acids is 2. The van der Waals surface area contributed by atoms with Crippen molar-refractivity contribution in [2.45, 2.75) is 25.3 Å². The predicted octanol–water partition coefficient (Wildman–Crippen LogP) is 2.77. The number of halogens is 2. The third kappa shape index (κ3) is 5.33. The number of nitrogens with zero attached hydrogens (tertiary/aromatic N) is 1. The number of nitrogens with one attached hydrogen (secondary N) is 2. The normalized spacial score (nSPS) is 13.5. The van der Waals surface area contributed by atoms with Crippen molar-refractivity contribution >= 4 is 40.9 Å². The van der Waals surface area contributed by atoms with Gasteiger partial charge in [-0.15, -0.1) is 11.8 Å². The molecule has 2 aromatic carbocycles. The lowest BCUT2D eigenvalue weighted by molar-refractivity contribution is -0.895. The summed E-state index contributed by atoms with van der Waals surface area (Å²) in [5.41, 5.74) is 1.84. The van der Waals surface area contributed by atoms with Gasteiger partial charge in [0.05, 0.1) is 44.2 Å². The third-order valence-corrected chi connectivity index (χ3v) is 6.67. The molecule has 2 amide bonds. The van der Waals surface area contributed by atoms with Crippen LogP contribution in [0, 0.1) is 5.82 Å². The van der Waals surface area contributed by atoms with E-state index in [2.05, 4.69) is 19.2 Å². The maximum atomic E-state index is 13.4. The maximum absolute atomic E-state index is 13.4. The van der Waals surface area contributed by atoms with Gasteiger partial charge in [-0.3, -0.25) is 9.59 Å². The molecule has 0 aromatic heterocycles. The first-order chi connectivity index (χ1) is 14.4. The summed E-state index contributed by atoms with van der Waals surface area (Å²) in [6, 6.07) is 9.55. The van der Waals surface area contributed by atoms with Crippen molar-refractivity contribution in [3.05, 3.63) is 58.4 Å². The summed E-state index contributed by atoms with van der Waals surface area (Å²) in [6.07, 6.45) is 0. The Morgan fingerprint density at radius 3 is 2.70 bits per heavy atom. The highest BCUT2D eigenvalue weighted by atomic mass is 35.5. The van der Waals surface area contributed by atoms with Crippen LogP contribution in [-0.2, 0) is 11.3 Å². The predicted molar refractivity (Wildman–Crippen MR) is 119 cm³/mol. The largest absolute Gasteiger partial charge is 0.346 e. The molecule has 0 radical (unpaired) electrons. The lowest BCUT2D eigenvalue weighted by Crippen LogP contribution is -3.12. The standard InChI is InChI=1S/C22H25ClFN3O2S/c1-3-26(4-2)10-9-25-22(29)15-6-8-20-19(11-15)27(21(28)14-30-20)13-16-5-7-17(24)12-18(16)23/h5-8,11-12H,3-4,9-10,13-14H2,1-2H3,(H,25,29)/p+1. The summed E-state index contributed by atoms with van der Waals surface area (Å²) in [5, 5.41) is 3.24. The fraction of sp³-hybridized carbons (Fsp3) is 0.364. The molecule has 2 N–H and O–H groups in total. The van der Waals surface area contributed by atoms with E-state index >= 15 is 0 Å². The minimum Gasteiger partial charge on any atom is -0.346 e. The van der Waals surface area contributed by atoms with Crippen LogP contribution in [0.2, 0.25) is 5.02 Å². The Labute approximate surface area is 185 Å². The molecule has 5 nitrogen and oxygen atoms in total. The molecule has 0 spiro atoms. The van der Waals surface area contributed by atoms with Crippen LogP contribution >= 0.6 is 23.4 Å². The van der Waals surface area contributed by atoms with Gasteiger partial charge in [0.15, 0.2) is 0 Å². The van der Waals surface area contributed by atoms with E-state index in [1.807, 2.05) is 6.07 Å². The Balaban J connectivity index is 1.78. The monoisotopic (exact) mass is 450 g/mol. The zero-order chi connectivity index (χ0) is 21.7. The van der Waals surface area contributed by atoms with E-state index in [1.54, 1.807) is 23.1 Å². The molecular formula is C22H26ClFN3O2S+. The molecule has 160 valence electrons. The molecule has 1 aliphatic rings. The van der Waals surface area contributed by atoms with Crippen molar-refractivity contribution in [2.24, 2.45) is 0 Å². The Morgan fingerprint density at radius 1 is 1.23 bits per heavy atom. The fourth-order valence-corrected chi connectivity index (χ4v) is 4.54. The number of carbonyl (C=O) groups is 2. The molecule has 1 aliphatic heterocycles. The van der Waals surface area contributed by atoms with Crippen molar-refractivity contribution in [1.29, 1.82) is 0 Å². The second kappa shape index (κ2) is 10.3. The summed E-state index contributed by atoms with van der Waals surface area (Å²) in [4.78, 5) is 29.2. The number of fused-ring (bicyclic) bond motifs is 1. The number of hydrogen-bond donors (Lipinski definition) is 2. The van der Waals surface area contributed by atoms with Crippen LogP contribution < -0.4 is 15.1 Å². The summed E-state index contributed by atoms with van der Waals surface area (Å²) in [7, 11) is 0. The smallest absolute Gasteiger partial charge is 0.251 e. The molecule has 0 unspecified atom stereocenters. The third-order valence-electron chi connectivity index (χ3n) is 5.27. The van der Waals surface area contributed by atoms with Gasteiger partial charge < -0.3 is 15.1 Å². The Morgan fingerprint density at radius 2 is 2.00 bits per heavy atom. The molecule has 0 fully saturated rings. The number of thioether (sulfide) groups is 1. The van der Waals surface area contributed by atoms with Gasteiger partial charge in [0.1, 0.15) is 5.82 Å². The second-order valence-electron chi connectivity index (χ2n) is 7.15. The zero-order valence-corrected chi connectivity index (χ0v) is 18.7. The van der Waals surface area contributed by atoms with Gasteiger partial charge in [-0.2, -0.15) is 0 Å². The molecule has 1 heterocycles. The first-order valence-corrected chi connectivity index (χ1v) is 11.4. The average molecular weight is 451 g/mol. The van der Waals surface area contributed by atoms with E-state index in [0.717, 1.165) is 24.5 Å². The highest BCUT2D eigenvalue weighted by molar-refractivity contribution is 8.00. The number of rotatable bonds is 8. The average Bonchev–Trinajstić information content (AvgIpc) is 2.74. The van der Waals surface area contributed by atoms with Crippen molar-refractivity contribution < 1.29 is 18.9 Å². The minimum absolute atomic E-state index is 0.0735. The number of quaternary nitrogens is 1. The minimum atomic E-state index is -0.421. The van der Waals surface area contributed by atoms with Gasteiger partial charge in [-0.1, -0.05) is 17.7 Å². The molecule has 0 aliphatic carbocycles. The molecular weight excluding hydrogens is 425 g/mol. The first kappa shape index (κ1) is 22.6. The summed E-state index contributed by atoms with van der Waals surface area (Å²) in [6.45, 7) is 7.98. The van der Waals surface area contributed by atoms with Crippen LogP contribution in [0.25, 0.3) is 0 Å². The van der Waals surface area contributed by atoms with Crippen LogP contribution in [0.1, 0.15) is 29.8 Å². The number of amides is 2. The van der Waals surface area contributed by atoms with Gasteiger partial charge >= 0.3 is 0 Å². The summed E-state index contributed by atoms with van der Waals surface area (Å²) in [5.74, 6) is -0.345. The summed E-state index contributed by atoms with van der Waals surface area (Å²) < 4.78 is 13.4. The lowest BCUT2D eigenvalue weighted by Gasteiger charge is -2.29. The molecule has 8 heteroatoms. The number of anilines is 1. The molecule has 0 saturated carbocycles. The van der Waals surface area contributed by atoms with Crippen LogP contribution in [0.5, 0.6) is 0 Å². The topological polar surface area (TPSA) is 53.9 Å². The van der Waals surface area contributed by atoms with Crippen molar-refractivity contribution in [3.8, 4) is 0 Å². The van der Waals surface area contributed by atoms with Crippen LogP contribution in [0.3, 0.4) is 0 Å². The van der Waals surface area contributed by atoms with Gasteiger partial charge in [-0.05, 0) is 49.7 Å². The molecule has 0 atom stereocenters. The Hall–Kier alpha value is -2.09.